The molecule has 6 heteroatoms. The van der Waals surface area contributed by atoms with E-state index in [1.165, 1.54) is 0 Å². The molecule has 0 aromatic carbocycles. The maximum atomic E-state index is 11.2. The first-order valence-corrected chi connectivity index (χ1v) is 1.73. The summed E-state index contributed by atoms with van der Waals surface area (Å²) in [7, 11) is 0. The van der Waals surface area contributed by atoms with Gasteiger partial charge < -0.3 is 10.6 Å². The van der Waals surface area contributed by atoms with Crippen molar-refractivity contribution in [1.82, 2.24) is 0 Å². The Balaban J connectivity index is 0. The summed E-state index contributed by atoms with van der Waals surface area (Å²) in [6, 6.07) is 0. The number of hydrogen-bond acceptors (Lipinski definition) is 1. The smallest absolute Gasteiger partial charge is 0.412 e. The highest BCUT2D eigenvalue weighted by Crippen LogP contribution is 2.30. The fraction of sp³-hybridized carbons (Fsp3) is 1.00. The van der Waals surface area contributed by atoms with Crippen LogP contribution >= 0.6 is 0 Å². The van der Waals surface area contributed by atoms with E-state index in [1.54, 1.807) is 0 Å². The molecular formula is C3H6F4O2. The number of alkyl halides is 4. The quantitative estimate of drug-likeness (QED) is 0.540. The second kappa shape index (κ2) is 2.49. The highest BCUT2D eigenvalue weighted by molar-refractivity contribution is 4.66. The molecule has 0 aromatic rings. The lowest BCUT2D eigenvalue weighted by molar-refractivity contribution is -0.318. The van der Waals surface area contributed by atoms with E-state index in [2.05, 4.69) is 0 Å². The van der Waals surface area contributed by atoms with Crippen molar-refractivity contribution in [1.29, 1.82) is 0 Å². The summed E-state index contributed by atoms with van der Waals surface area (Å²) in [6.07, 6.45) is -4.90. The highest BCUT2D eigenvalue weighted by Gasteiger charge is 2.50. The average Bonchev–Trinajstić information content (AvgIpc) is 1.25. The van der Waals surface area contributed by atoms with Crippen LogP contribution in [0.3, 0.4) is 0 Å². The fourth-order valence-corrected chi connectivity index (χ4v) is 0. The Bertz CT molecular complexity index is 68.8. The van der Waals surface area contributed by atoms with Gasteiger partial charge in [0.15, 0.2) is 0 Å². The third-order valence-electron chi connectivity index (χ3n) is 0.528. The fourth-order valence-electron chi connectivity index (χ4n) is 0. The monoisotopic (exact) mass is 150 g/mol. The maximum Gasteiger partial charge on any atom is 0.416 e. The summed E-state index contributed by atoms with van der Waals surface area (Å²) in [4.78, 5) is 0. The lowest BCUT2D eigenvalue weighted by Gasteiger charge is -2.15. The van der Waals surface area contributed by atoms with Crippen LogP contribution in [0, 0.1) is 0 Å². The zero-order valence-electron chi connectivity index (χ0n) is 4.46. The Morgan fingerprint density at radius 3 is 1.22 bits per heavy atom. The predicted octanol–water partition coefficient (Wildman–Crippen LogP) is 0.402. The molecule has 3 N–H and O–H groups in total. The molecule has 0 unspecified atom stereocenters. The first-order valence-electron chi connectivity index (χ1n) is 1.73. The van der Waals surface area contributed by atoms with Gasteiger partial charge in [-0.15, -0.1) is 0 Å². The molecule has 0 atom stereocenters. The molecule has 0 saturated heterocycles. The highest BCUT2D eigenvalue weighted by atomic mass is 19.3. The van der Waals surface area contributed by atoms with Crippen molar-refractivity contribution in [3.05, 3.63) is 0 Å². The third-order valence-corrected chi connectivity index (χ3v) is 0.528. The van der Waals surface area contributed by atoms with Gasteiger partial charge in [-0.1, -0.05) is 0 Å². The summed E-state index contributed by atoms with van der Waals surface area (Å²) in [5, 5.41) is 7.27. The lowest BCUT2D eigenvalue weighted by atomic mass is 10.4. The van der Waals surface area contributed by atoms with Gasteiger partial charge in [0.2, 0.25) is 0 Å². The minimum atomic E-state index is -4.90. The number of aliphatic hydroxyl groups is 1. The molecular weight excluding hydrogens is 144 g/mol. The minimum Gasteiger partial charge on any atom is -0.412 e. The standard InChI is InChI=1S/C3H4F4O.H2O/c1-2(4,5)3(6,7)8;/h8H,1H3;1H2. The largest absolute Gasteiger partial charge is 0.416 e. The van der Waals surface area contributed by atoms with E-state index in [0.717, 1.165) is 0 Å². The topological polar surface area (TPSA) is 51.7 Å². The maximum absolute atomic E-state index is 11.2. The van der Waals surface area contributed by atoms with Crippen LogP contribution in [-0.4, -0.2) is 22.6 Å². The average molecular weight is 150 g/mol. The Kier molecular flexibility index (Phi) is 3.16. The van der Waals surface area contributed by atoms with Crippen LogP contribution in [0.2, 0.25) is 0 Å². The van der Waals surface area contributed by atoms with Crippen LogP contribution in [-0.2, 0) is 0 Å². The second-order valence-corrected chi connectivity index (χ2v) is 1.43. The Hall–Kier alpha value is -0.360. The van der Waals surface area contributed by atoms with Crippen LogP contribution in [0.4, 0.5) is 17.6 Å². The van der Waals surface area contributed by atoms with E-state index < -0.39 is 12.0 Å². The summed E-state index contributed by atoms with van der Waals surface area (Å²) >= 11 is 0. The SMILES string of the molecule is CC(F)(F)C(O)(F)F.O. The molecule has 58 valence electrons. The van der Waals surface area contributed by atoms with Gasteiger partial charge in [0, 0.05) is 6.92 Å². The van der Waals surface area contributed by atoms with Crippen molar-refractivity contribution in [3.63, 3.8) is 0 Å². The Morgan fingerprint density at radius 2 is 1.22 bits per heavy atom. The van der Waals surface area contributed by atoms with E-state index >= 15 is 0 Å². The molecule has 0 amide bonds. The molecule has 0 bridgehead atoms. The van der Waals surface area contributed by atoms with Crippen molar-refractivity contribution in [2.24, 2.45) is 0 Å². The van der Waals surface area contributed by atoms with Crippen LogP contribution in [0.5, 0.6) is 0 Å². The van der Waals surface area contributed by atoms with Crippen LogP contribution in [0.1, 0.15) is 6.92 Å². The van der Waals surface area contributed by atoms with Gasteiger partial charge in [-0.25, -0.2) is 0 Å². The number of rotatable bonds is 1. The van der Waals surface area contributed by atoms with Gasteiger partial charge in [-0.3, -0.25) is 0 Å². The normalized spacial score (nSPS) is 12.7. The molecule has 2 nitrogen and oxygen atoms in total. The van der Waals surface area contributed by atoms with E-state index in [4.69, 9.17) is 5.11 Å². The lowest BCUT2D eigenvalue weighted by Crippen LogP contribution is -2.36. The molecule has 0 heterocycles. The molecule has 0 aliphatic carbocycles. The summed E-state index contributed by atoms with van der Waals surface area (Å²) in [5.74, 6) is -4.34. The Morgan fingerprint density at radius 1 is 1.11 bits per heavy atom. The van der Waals surface area contributed by atoms with Gasteiger partial charge in [0.05, 0.1) is 0 Å². The van der Waals surface area contributed by atoms with Crippen molar-refractivity contribution < 1.29 is 28.1 Å². The van der Waals surface area contributed by atoms with E-state index in [-0.39, 0.29) is 12.4 Å². The number of hydrogen-bond donors (Lipinski definition) is 1. The predicted molar refractivity (Wildman–Crippen MR) is 21.4 cm³/mol. The van der Waals surface area contributed by atoms with E-state index in [0.29, 0.717) is 0 Å². The molecule has 0 fully saturated rings. The van der Waals surface area contributed by atoms with Crippen molar-refractivity contribution in [2.45, 2.75) is 19.0 Å². The molecule has 0 saturated carbocycles. The summed E-state index contributed by atoms with van der Waals surface area (Å²) in [6.45, 7) is -0.0625. The van der Waals surface area contributed by atoms with Crippen molar-refractivity contribution in [3.8, 4) is 0 Å². The number of halogens is 4. The molecule has 0 aromatic heterocycles. The summed E-state index contributed by atoms with van der Waals surface area (Å²) < 4.78 is 44.5. The first kappa shape index (κ1) is 11.4. The van der Waals surface area contributed by atoms with Crippen molar-refractivity contribution in [2.75, 3.05) is 0 Å². The van der Waals surface area contributed by atoms with Crippen LogP contribution in [0.15, 0.2) is 0 Å². The minimum absolute atomic E-state index is 0. The first-order chi connectivity index (χ1) is 3.25. The molecule has 0 radical (unpaired) electrons. The molecule has 0 aliphatic rings. The third kappa shape index (κ3) is 3.26. The van der Waals surface area contributed by atoms with Crippen molar-refractivity contribution >= 4 is 0 Å². The van der Waals surface area contributed by atoms with E-state index in [1.807, 2.05) is 0 Å². The summed E-state index contributed by atoms with van der Waals surface area (Å²) in [5.41, 5.74) is 0. The molecule has 0 spiro atoms. The van der Waals surface area contributed by atoms with Crippen LogP contribution < -0.4 is 0 Å². The van der Waals surface area contributed by atoms with Gasteiger partial charge in [-0.2, -0.15) is 17.6 Å². The van der Waals surface area contributed by atoms with E-state index in [9.17, 15) is 17.6 Å². The zero-order valence-corrected chi connectivity index (χ0v) is 4.46. The van der Waals surface area contributed by atoms with Gasteiger partial charge >= 0.3 is 12.0 Å². The molecule has 0 rings (SSSR count). The molecule has 0 aliphatic heterocycles. The zero-order chi connectivity index (χ0) is 7.00. The molecule has 9 heavy (non-hydrogen) atoms. The van der Waals surface area contributed by atoms with Gasteiger partial charge in [-0.05, 0) is 0 Å². The van der Waals surface area contributed by atoms with Crippen LogP contribution in [0.25, 0.3) is 0 Å². The second-order valence-electron chi connectivity index (χ2n) is 1.43. The van der Waals surface area contributed by atoms with Gasteiger partial charge in [0.25, 0.3) is 0 Å². The van der Waals surface area contributed by atoms with Gasteiger partial charge in [0.1, 0.15) is 0 Å². The Labute approximate surface area is 48.4 Å².